The van der Waals surface area contributed by atoms with Gasteiger partial charge in [0.05, 0.1) is 10.7 Å². The summed E-state index contributed by atoms with van der Waals surface area (Å²) in [6.07, 6.45) is 6.93. The van der Waals surface area contributed by atoms with Crippen LogP contribution in [0.3, 0.4) is 0 Å². The van der Waals surface area contributed by atoms with Crippen molar-refractivity contribution in [1.29, 1.82) is 0 Å². The van der Waals surface area contributed by atoms with Crippen molar-refractivity contribution in [3.05, 3.63) is 76.6 Å². The molecule has 1 fully saturated rings. The predicted molar refractivity (Wildman–Crippen MR) is 120 cm³/mol. The van der Waals surface area contributed by atoms with Crippen LogP contribution in [0, 0.1) is 17.6 Å². The first-order chi connectivity index (χ1) is 15.0. The van der Waals surface area contributed by atoms with E-state index in [1.807, 2.05) is 18.2 Å². The minimum atomic E-state index is -0.476. The summed E-state index contributed by atoms with van der Waals surface area (Å²) in [5.74, 6) is 0.201. The van der Waals surface area contributed by atoms with Gasteiger partial charge in [-0.3, -0.25) is 4.98 Å². The third-order valence-corrected chi connectivity index (χ3v) is 6.10. The van der Waals surface area contributed by atoms with Crippen LogP contribution in [0.5, 0.6) is 0 Å². The summed E-state index contributed by atoms with van der Waals surface area (Å²) in [5, 5.41) is 3.58. The van der Waals surface area contributed by atoms with E-state index in [1.165, 1.54) is 6.07 Å². The highest BCUT2D eigenvalue weighted by Crippen LogP contribution is 2.30. The number of nitrogens with two attached hydrogens (primary N) is 1. The normalized spacial score (nSPS) is 18.7. The first-order valence-electron chi connectivity index (χ1n) is 10.5. The molecule has 4 rings (SSSR count). The van der Waals surface area contributed by atoms with Gasteiger partial charge < -0.3 is 11.1 Å². The monoisotopic (exact) mass is 442 g/mol. The summed E-state index contributed by atoms with van der Waals surface area (Å²) in [6, 6.07) is 11.2. The van der Waals surface area contributed by atoms with Crippen LogP contribution in [0.2, 0.25) is 5.02 Å². The molecule has 0 aliphatic heterocycles. The molecule has 3 N–H and O–H groups in total. The van der Waals surface area contributed by atoms with Crippen molar-refractivity contribution in [3.8, 4) is 11.3 Å². The first kappa shape index (κ1) is 21.7. The molecule has 0 atom stereocenters. The average Bonchev–Trinajstić information content (AvgIpc) is 2.77. The highest BCUT2D eigenvalue weighted by Gasteiger charge is 2.20. The smallest absolute Gasteiger partial charge is 0.128 e. The van der Waals surface area contributed by atoms with Crippen LogP contribution in [0.1, 0.15) is 36.9 Å². The number of aromatic nitrogens is 2. The first-order valence-corrected chi connectivity index (χ1v) is 10.9. The lowest BCUT2D eigenvalue weighted by Gasteiger charge is -2.25. The molecule has 0 amide bonds. The third kappa shape index (κ3) is 5.57. The molecule has 1 aromatic carbocycles. The Labute approximate surface area is 185 Å². The predicted octanol–water partition coefficient (Wildman–Crippen LogP) is 5.75. The van der Waals surface area contributed by atoms with Crippen LogP contribution in [0.25, 0.3) is 11.3 Å². The fourth-order valence-corrected chi connectivity index (χ4v) is 4.23. The van der Waals surface area contributed by atoms with Crippen molar-refractivity contribution in [1.82, 2.24) is 9.97 Å². The van der Waals surface area contributed by atoms with Gasteiger partial charge in [-0.1, -0.05) is 17.7 Å². The average molecular weight is 443 g/mol. The van der Waals surface area contributed by atoms with E-state index >= 15 is 0 Å². The minimum Gasteiger partial charge on any atom is -0.366 e. The SMILES string of the molecule is NC1CCC(Cc2cc(-c3cccc(NCc4cc(F)ccc4F)n3)c(Cl)cn2)CC1. The maximum Gasteiger partial charge on any atom is 0.128 e. The van der Waals surface area contributed by atoms with Gasteiger partial charge >= 0.3 is 0 Å². The molecule has 3 aromatic rings. The molecular formula is C24H25ClF2N4. The number of pyridine rings is 2. The quantitative estimate of drug-likeness (QED) is 0.510. The number of nitrogens with one attached hydrogen (secondary N) is 1. The van der Waals surface area contributed by atoms with Gasteiger partial charge in [-0.25, -0.2) is 13.8 Å². The van der Waals surface area contributed by atoms with Gasteiger partial charge in [-0.2, -0.15) is 0 Å². The van der Waals surface area contributed by atoms with E-state index in [4.69, 9.17) is 17.3 Å². The number of hydrogen-bond acceptors (Lipinski definition) is 4. The van der Waals surface area contributed by atoms with E-state index in [-0.39, 0.29) is 12.1 Å². The second-order valence-electron chi connectivity index (χ2n) is 8.14. The largest absolute Gasteiger partial charge is 0.366 e. The summed E-state index contributed by atoms with van der Waals surface area (Å²) >= 11 is 6.43. The van der Waals surface area contributed by atoms with E-state index in [2.05, 4.69) is 15.3 Å². The maximum atomic E-state index is 13.9. The lowest BCUT2D eigenvalue weighted by molar-refractivity contribution is 0.323. The van der Waals surface area contributed by atoms with E-state index in [0.717, 1.165) is 55.5 Å². The molecule has 0 radical (unpaired) electrons. The van der Waals surface area contributed by atoms with Crippen molar-refractivity contribution >= 4 is 17.4 Å². The molecule has 0 unspecified atom stereocenters. The highest BCUT2D eigenvalue weighted by atomic mass is 35.5. The Kier molecular flexibility index (Phi) is 6.78. The van der Waals surface area contributed by atoms with Crippen LogP contribution in [-0.2, 0) is 13.0 Å². The fraction of sp³-hybridized carbons (Fsp3) is 0.333. The van der Waals surface area contributed by atoms with Crippen molar-refractivity contribution < 1.29 is 8.78 Å². The van der Waals surface area contributed by atoms with Crippen LogP contribution in [0.4, 0.5) is 14.6 Å². The Hall–Kier alpha value is -2.57. The Bertz CT molecular complexity index is 1050. The van der Waals surface area contributed by atoms with Crippen LogP contribution >= 0.6 is 11.6 Å². The highest BCUT2D eigenvalue weighted by molar-refractivity contribution is 6.33. The topological polar surface area (TPSA) is 63.8 Å². The van der Waals surface area contributed by atoms with Gasteiger partial charge in [0.2, 0.25) is 0 Å². The summed E-state index contributed by atoms with van der Waals surface area (Å²) in [7, 11) is 0. The van der Waals surface area contributed by atoms with E-state index in [0.29, 0.717) is 28.5 Å². The summed E-state index contributed by atoms with van der Waals surface area (Å²) in [5.41, 5.74) is 8.75. The number of anilines is 1. The molecular weight excluding hydrogens is 418 g/mol. The maximum absolute atomic E-state index is 13.9. The molecule has 1 aliphatic rings. The van der Waals surface area contributed by atoms with Crippen molar-refractivity contribution in [2.75, 3.05) is 5.32 Å². The second kappa shape index (κ2) is 9.71. The van der Waals surface area contributed by atoms with Gasteiger partial charge in [0.25, 0.3) is 0 Å². The van der Waals surface area contributed by atoms with Crippen LogP contribution in [-0.4, -0.2) is 16.0 Å². The molecule has 4 nitrogen and oxygen atoms in total. The Morgan fingerprint density at radius 1 is 1.06 bits per heavy atom. The zero-order valence-corrected chi connectivity index (χ0v) is 17.9. The number of halogens is 3. The Morgan fingerprint density at radius 2 is 1.87 bits per heavy atom. The van der Waals surface area contributed by atoms with Crippen molar-refractivity contribution in [2.24, 2.45) is 11.7 Å². The van der Waals surface area contributed by atoms with E-state index < -0.39 is 11.6 Å². The van der Waals surface area contributed by atoms with Gasteiger partial charge in [0, 0.05) is 35.6 Å². The number of nitrogens with zero attached hydrogens (tertiary/aromatic N) is 2. The van der Waals surface area contributed by atoms with Gasteiger partial charge in [0.15, 0.2) is 0 Å². The molecule has 7 heteroatoms. The standard InChI is InChI=1S/C24H25ClF2N4/c25-21-14-29-19(10-15-4-7-18(28)8-5-15)12-20(21)23-2-1-3-24(31-23)30-13-16-11-17(26)6-9-22(16)27/h1-3,6,9,11-12,14-15,18H,4-5,7-8,10,13,28H2,(H,30,31). The van der Waals surface area contributed by atoms with E-state index in [9.17, 15) is 8.78 Å². The summed E-state index contributed by atoms with van der Waals surface area (Å²) in [4.78, 5) is 9.12. The lowest BCUT2D eigenvalue weighted by atomic mass is 9.83. The zero-order valence-electron chi connectivity index (χ0n) is 17.1. The number of benzene rings is 1. The van der Waals surface area contributed by atoms with Gasteiger partial charge in [0.1, 0.15) is 17.5 Å². The van der Waals surface area contributed by atoms with Crippen LogP contribution in [0.15, 0.2) is 48.7 Å². The molecule has 2 aromatic heterocycles. The molecule has 162 valence electrons. The van der Waals surface area contributed by atoms with Crippen molar-refractivity contribution in [2.45, 2.75) is 44.7 Å². The van der Waals surface area contributed by atoms with Crippen LogP contribution < -0.4 is 11.1 Å². The molecule has 2 heterocycles. The number of hydrogen-bond donors (Lipinski definition) is 2. The molecule has 1 saturated carbocycles. The fourth-order valence-electron chi connectivity index (χ4n) is 4.03. The number of rotatable bonds is 6. The van der Waals surface area contributed by atoms with Gasteiger partial charge in [-0.15, -0.1) is 0 Å². The molecule has 1 aliphatic carbocycles. The molecule has 0 saturated heterocycles. The zero-order chi connectivity index (χ0) is 21.8. The summed E-state index contributed by atoms with van der Waals surface area (Å²) < 4.78 is 27.3. The molecule has 0 spiro atoms. The summed E-state index contributed by atoms with van der Waals surface area (Å²) in [6.45, 7) is 0.124. The second-order valence-corrected chi connectivity index (χ2v) is 8.54. The minimum absolute atomic E-state index is 0.124. The molecule has 0 bridgehead atoms. The van der Waals surface area contributed by atoms with E-state index in [1.54, 1.807) is 12.3 Å². The lowest BCUT2D eigenvalue weighted by Crippen LogP contribution is -2.27. The Balaban J connectivity index is 1.49. The van der Waals surface area contributed by atoms with Crippen molar-refractivity contribution in [3.63, 3.8) is 0 Å². The molecule has 31 heavy (non-hydrogen) atoms. The third-order valence-electron chi connectivity index (χ3n) is 5.79. The van der Waals surface area contributed by atoms with Gasteiger partial charge in [-0.05, 0) is 74.4 Å². The Morgan fingerprint density at radius 3 is 2.68 bits per heavy atom.